The summed E-state index contributed by atoms with van der Waals surface area (Å²) in [6, 6.07) is 27.1. The third-order valence-corrected chi connectivity index (χ3v) is 6.84. The van der Waals surface area contributed by atoms with Crippen LogP contribution in [0.5, 0.6) is 0 Å². The molecule has 0 saturated heterocycles. The number of rotatable bonds is 7. The van der Waals surface area contributed by atoms with Crippen LogP contribution in [0.3, 0.4) is 0 Å². The number of nitrogens with zero attached hydrogens (tertiary/aromatic N) is 2. The second-order valence-corrected chi connectivity index (χ2v) is 9.09. The summed E-state index contributed by atoms with van der Waals surface area (Å²) < 4.78 is 5.08. The van der Waals surface area contributed by atoms with Crippen LogP contribution < -0.4 is 5.32 Å². The minimum atomic E-state index is -0.526. The van der Waals surface area contributed by atoms with Gasteiger partial charge in [-0.05, 0) is 37.5 Å². The van der Waals surface area contributed by atoms with Gasteiger partial charge in [-0.3, -0.25) is 9.59 Å². The number of methoxy groups -OCH3 is 1. The quantitative estimate of drug-likeness (QED) is 0.247. The summed E-state index contributed by atoms with van der Waals surface area (Å²) in [5.41, 5.74) is 4.54. The van der Waals surface area contributed by atoms with Gasteiger partial charge in [-0.2, -0.15) is 0 Å². The first kappa shape index (κ1) is 23.4. The number of hydrogen-bond donors (Lipinski definition) is 1. The Hall–Kier alpha value is -4.32. The molecule has 6 nitrogen and oxygen atoms in total. The summed E-state index contributed by atoms with van der Waals surface area (Å²) in [4.78, 5) is 33.7. The van der Waals surface area contributed by atoms with Crippen molar-refractivity contribution in [3.63, 3.8) is 0 Å². The van der Waals surface area contributed by atoms with Gasteiger partial charge in [0.25, 0.3) is 0 Å². The first-order valence-electron chi connectivity index (χ1n) is 12.0. The average Bonchev–Trinajstić information content (AvgIpc) is 2.89. The standard InChI is InChI=1S/C30H27N3O3/c1-20(34)21-9-11-23(12-10-21)28-32-26(22-7-4-3-5-8-22)19-27(33-28)31-25-15-13-24(14-16-25)30(17-6-18-30)29(35)36-2/h3-5,7-16,19H,6,17-18H2,1-2H3,(H,31,32,33). The summed E-state index contributed by atoms with van der Waals surface area (Å²) >= 11 is 0. The number of ether oxygens (including phenoxy) is 1. The molecule has 5 rings (SSSR count). The second-order valence-electron chi connectivity index (χ2n) is 9.09. The van der Waals surface area contributed by atoms with Crippen LogP contribution in [0.2, 0.25) is 0 Å². The lowest BCUT2D eigenvalue weighted by atomic mass is 9.64. The minimum Gasteiger partial charge on any atom is -0.468 e. The fraction of sp³-hybridized carbons (Fsp3) is 0.200. The van der Waals surface area contributed by atoms with Crippen LogP contribution in [0.15, 0.2) is 84.9 Å². The van der Waals surface area contributed by atoms with Crippen molar-refractivity contribution in [2.45, 2.75) is 31.6 Å². The Morgan fingerprint density at radius 1 is 0.861 bits per heavy atom. The highest BCUT2D eigenvalue weighted by Crippen LogP contribution is 2.45. The highest BCUT2D eigenvalue weighted by Gasteiger charge is 2.46. The van der Waals surface area contributed by atoms with E-state index in [2.05, 4.69) is 5.32 Å². The number of nitrogens with one attached hydrogen (secondary N) is 1. The summed E-state index contributed by atoms with van der Waals surface area (Å²) in [7, 11) is 1.45. The summed E-state index contributed by atoms with van der Waals surface area (Å²) in [6.45, 7) is 1.55. The van der Waals surface area contributed by atoms with Gasteiger partial charge in [0.15, 0.2) is 11.6 Å². The minimum absolute atomic E-state index is 0.0159. The number of carbonyl (C=O) groups excluding carboxylic acids is 2. The lowest BCUT2D eigenvalue weighted by Crippen LogP contribution is -2.43. The topological polar surface area (TPSA) is 81.2 Å². The SMILES string of the molecule is COC(=O)C1(c2ccc(Nc3cc(-c4ccccc4)nc(-c4ccc(C(C)=O)cc4)n3)cc2)CCC1. The molecule has 1 saturated carbocycles. The largest absolute Gasteiger partial charge is 0.468 e. The normalized spacial score (nSPS) is 13.9. The van der Waals surface area contributed by atoms with Gasteiger partial charge in [0.2, 0.25) is 0 Å². The van der Waals surface area contributed by atoms with Gasteiger partial charge in [0.1, 0.15) is 5.82 Å². The molecule has 1 fully saturated rings. The molecule has 1 aromatic heterocycles. The van der Waals surface area contributed by atoms with Crippen LogP contribution in [-0.4, -0.2) is 28.8 Å². The van der Waals surface area contributed by atoms with Gasteiger partial charge in [0.05, 0.1) is 18.2 Å². The Morgan fingerprint density at radius 2 is 1.56 bits per heavy atom. The fourth-order valence-electron chi connectivity index (χ4n) is 4.61. The van der Waals surface area contributed by atoms with E-state index < -0.39 is 5.41 Å². The molecule has 0 radical (unpaired) electrons. The Morgan fingerprint density at radius 3 is 2.14 bits per heavy atom. The third-order valence-electron chi connectivity index (χ3n) is 6.84. The van der Waals surface area contributed by atoms with Crippen LogP contribution in [0.25, 0.3) is 22.6 Å². The van der Waals surface area contributed by atoms with Crippen LogP contribution in [0.1, 0.15) is 42.1 Å². The number of carbonyl (C=O) groups is 2. The van der Waals surface area contributed by atoms with Crippen molar-refractivity contribution in [2.75, 3.05) is 12.4 Å². The maximum absolute atomic E-state index is 12.4. The van der Waals surface area contributed by atoms with Crippen molar-refractivity contribution in [2.24, 2.45) is 0 Å². The molecule has 0 amide bonds. The van der Waals surface area contributed by atoms with E-state index in [4.69, 9.17) is 14.7 Å². The molecule has 0 unspecified atom stereocenters. The molecule has 0 aliphatic heterocycles. The van der Waals surface area contributed by atoms with Crippen molar-refractivity contribution in [1.29, 1.82) is 0 Å². The van der Waals surface area contributed by atoms with E-state index >= 15 is 0 Å². The third kappa shape index (κ3) is 4.50. The molecule has 1 heterocycles. The van der Waals surface area contributed by atoms with Crippen molar-refractivity contribution < 1.29 is 14.3 Å². The van der Waals surface area contributed by atoms with E-state index in [1.807, 2.05) is 72.8 Å². The molecule has 180 valence electrons. The van der Waals surface area contributed by atoms with Gasteiger partial charge >= 0.3 is 5.97 Å². The van der Waals surface area contributed by atoms with Crippen LogP contribution in [0.4, 0.5) is 11.5 Å². The van der Waals surface area contributed by atoms with E-state index in [1.165, 1.54) is 7.11 Å². The zero-order chi connectivity index (χ0) is 25.1. The molecular weight excluding hydrogens is 450 g/mol. The summed E-state index contributed by atoms with van der Waals surface area (Å²) in [5, 5.41) is 3.39. The number of Topliss-reactive ketones (excluding diaryl/α,β-unsaturated/α-hetero) is 1. The number of aromatic nitrogens is 2. The Kier molecular flexibility index (Phi) is 6.34. The molecule has 1 N–H and O–H groups in total. The van der Waals surface area contributed by atoms with E-state index in [1.54, 1.807) is 19.1 Å². The van der Waals surface area contributed by atoms with Gasteiger partial charge in [-0.1, -0.05) is 73.2 Å². The predicted molar refractivity (Wildman–Crippen MR) is 140 cm³/mol. The molecule has 1 aliphatic carbocycles. The predicted octanol–water partition coefficient (Wildman–Crippen LogP) is 6.35. The Labute approximate surface area is 210 Å². The van der Waals surface area contributed by atoms with Crippen molar-refractivity contribution in [3.8, 4) is 22.6 Å². The van der Waals surface area contributed by atoms with Gasteiger partial charge in [0, 0.05) is 28.4 Å². The van der Waals surface area contributed by atoms with Gasteiger partial charge < -0.3 is 10.1 Å². The number of benzene rings is 3. The highest BCUT2D eigenvalue weighted by molar-refractivity contribution is 5.94. The first-order chi connectivity index (χ1) is 17.5. The Balaban J connectivity index is 1.48. The van der Waals surface area contributed by atoms with Crippen LogP contribution in [-0.2, 0) is 14.9 Å². The van der Waals surface area contributed by atoms with E-state index in [0.29, 0.717) is 17.2 Å². The van der Waals surface area contributed by atoms with Gasteiger partial charge in [-0.25, -0.2) is 9.97 Å². The molecule has 0 bridgehead atoms. The molecule has 3 aromatic carbocycles. The zero-order valence-corrected chi connectivity index (χ0v) is 20.3. The number of anilines is 2. The Bertz CT molecular complexity index is 1390. The summed E-state index contributed by atoms with van der Waals surface area (Å²) in [6.07, 6.45) is 2.64. The fourth-order valence-corrected chi connectivity index (χ4v) is 4.61. The lowest BCUT2D eigenvalue weighted by molar-refractivity contribution is -0.151. The first-order valence-corrected chi connectivity index (χ1v) is 12.0. The van der Waals surface area contributed by atoms with Crippen LogP contribution >= 0.6 is 0 Å². The molecular formula is C30H27N3O3. The number of hydrogen-bond acceptors (Lipinski definition) is 6. The van der Waals surface area contributed by atoms with Crippen molar-refractivity contribution in [3.05, 3.63) is 96.1 Å². The molecule has 36 heavy (non-hydrogen) atoms. The maximum Gasteiger partial charge on any atom is 0.316 e. The highest BCUT2D eigenvalue weighted by atomic mass is 16.5. The number of esters is 1. The molecule has 0 atom stereocenters. The molecule has 6 heteroatoms. The monoisotopic (exact) mass is 477 g/mol. The maximum atomic E-state index is 12.4. The molecule has 1 aliphatic rings. The van der Waals surface area contributed by atoms with Crippen LogP contribution in [0, 0.1) is 0 Å². The summed E-state index contributed by atoms with van der Waals surface area (Å²) in [5.74, 6) is 1.05. The molecule has 0 spiro atoms. The molecule has 4 aromatic rings. The lowest BCUT2D eigenvalue weighted by Gasteiger charge is -2.39. The number of ketones is 1. The van der Waals surface area contributed by atoms with Crippen molar-refractivity contribution >= 4 is 23.3 Å². The van der Waals surface area contributed by atoms with E-state index in [9.17, 15) is 9.59 Å². The second kappa shape index (κ2) is 9.74. The van der Waals surface area contributed by atoms with Crippen molar-refractivity contribution in [1.82, 2.24) is 9.97 Å². The van der Waals surface area contributed by atoms with Gasteiger partial charge in [-0.15, -0.1) is 0 Å². The zero-order valence-electron chi connectivity index (χ0n) is 20.3. The smallest absolute Gasteiger partial charge is 0.316 e. The average molecular weight is 478 g/mol. The van der Waals surface area contributed by atoms with E-state index in [-0.39, 0.29) is 11.8 Å². The van der Waals surface area contributed by atoms with E-state index in [0.717, 1.165) is 47.3 Å².